The summed E-state index contributed by atoms with van der Waals surface area (Å²) in [5.74, 6) is 0.292. The second kappa shape index (κ2) is 6.48. The first-order chi connectivity index (χ1) is 14.1. The Balaban J connectivity index is 1.82. The summed E-state index contributed by atoms with van der Waals surface area (Å²) in [6.07, 6.45) is 5.51. The van der Waals surface area contributed by atoms with Crippen molar-refractivity contribution in [2.45, 2.75) is 18.8 Å². The maximum atomic E-state index is 13.0. The van der Waals surface area contributed by atoms with Gasteiger partial charge in [0.2, 0.25) is 0 Å². The smallest absolute Gasteiger partial charge is 0.343 e. The average Bonchev–Trinajstić information content (AvgIpc) is 3.49. The number of esters is 1. The van der Waals surface area contributed by atoms with Gasteiger partial charge in [-0.3, -0.25) is 14.3 Å². The van der Waals surface area contributed by atoms with E-state index in [2.05, 4.69) is 10.2 Å². The number of fused-ring (bicyclic) bond motifs is 2. The summed E-state index contributed by atoms with van der Waals surface area (Å²) in [6, 6.07) is 9.51. The Morgan fingerprint density at radius 1 is 1.21 bits per heavy atom. The minimum Gasteiger partial charge on any atom is -0.494 e. The molecule has 0 aliphatic heterocycles. The number of hydrogen-bond acceptors (Lipinski definition) is 5. The van der Waals surface area contributed by atoms with Crippen LogP contribution < -0.4 is 10.3 Å². The van der Waals surface area contributed by atoms with Crippen molar-refractivity contribution in [3.63, 3.8) is 0 Å². The molecular formula is C22H19N3O4. The molecule has 1 aromatic carbocycles. The second-order valence-electron chi connectivity index (χ2n) is 7.24. The second-order valence-corrected chi connectivity index (χ2v) is 7.24. The Kier molecular flexibility index (Phi) is 3.91. The number of methoxy groups -OCH3 is 2. The Hall–Kier alpha value is -3.61. The van der Waals surface area contributed by atoms with E-state index in [4.69, 9.17) is 9.47 Å². The van der Waals surface area contributed by atoms with Crippen molar-refractivity contribution in [2.75, 3.05) is 14.2 Å². The lowest BCUT2D eigenvalue weighted by Crippen LogP contribution is -2.24. The number of nitrogens with one attached hydrogen (secondary N) is 1. The molecule has 1 fully saturated rings. The molecule has 3 heterocycles. The summed E-state index contributed by atoms with van der Waals surface area (Å²) < 4.78 is 12.1. The number of carbonyl (C=O) groups is 1. The summed E-state index contributed by atoms with van der Waals surface area (Å²) in [4.78, 5) is 25.1. The third-order valence-corrected chi connectivity index (χ3v) is 5.49. The van der Waals surface area contributed by atoms with Crippen LogP contribution >= 0.6 is 0 Å². The van der Waals surface area contributed by atoms with Crippen LogP contribution in [-0.4, -0.2) is 34.8 Å². The first-order valence-electron chi connectivity index (χ1n) is 9.40. The van der Waals surface area contributed by atoms with Gasteiger partial charge in [0, 0.05) is 17.1 Å². The zero-order chi connectivity index (χ0) is 20.1. The molecule has 7 nitrogen and oxygen atoms in total. The van der Waals surface area contributed by atoms with Gasteiger partial charge in [-0.25, -0.2) is 4.79 Å². The van der Waals surface area contributed by atoms with E-state index < -0.39 is 11.5 Å². The monoisotopic (exact) mass is 389 g/mol. The quantitative estimate of drug-likeness (QED) is 0.540. The highest BCUT2D eigenvalue weighted by Crippen LogP contribution is 2.45. The number of hydrogen-bond donors (Lipinski definition) is 1. The van der Waals surface area contributed by atoms with Crippen LogP contribution in [0.2, 0.25) is 0 Å². The summed E-state index contributed by atoms with van der Waals surface area (Å²) in [7, 11) is 2.88. The molecule has 0 radical (unpaired) electrons. The Morgan fingerprint density at radius 3 is 2.76 bits per heavy atom. The van der Waals surface area contributed by atoms with E-state index in [1.165, 1.54) is 11.5 Å². The fourth-order valence-corrected chi connectivity index (χ4v) is 3.90. The normalized spacial score (nSPS) is 13.7. The Labute approximate surface area is 165 Å². The average molecular weight is 389 g/mol. The first kappa shape index (κ1) is 17.5. The van der Waals surface area contributed by atoms with Crippen molar-refractivity contribution >= 4 is 22.4 Å². The predicted octanol–water partition coefficient (Wildman–Crippen LogP) is 3.52. The highest BCUT2D eigenvalue weighted by Gasteiger charge is 2.30. The molecule has 0 bridgehead atoms. The van der Waals surface area contributed by atoms with Crippen molar-refractivity contribution in [1.29, 1.82) is 0 Å². The number of benzene rings is 1. The summed E-state index contributed by atoms with van der Waals surface area (Å²) in [5.41, 5.74) is 4.07. The SMILES string of the molecule is COC(=O)c1cc(C2CC2)c2c(OC)c(-c3ccc4[nH]ncc4c3)ccn2c1=O. The molecule has 0 unspecified atom stereocenters. The summed E-state index contributed by atoms with van der Waals surface area (Å²) >= 11 is 0. The van der Waals surface area contributed by atoms with Gasteiger partial charge in [-0.15, -0.1) is 0 Å². The van der Waals surface area contributed by atoms with E-state index in [0.29, 0.717) is 17.2 Å². The maximum Gasteiger partial charge on any atom is 0.343 e. The lowest BCUT2D eigenvalue weighted by atomic mass is 9.99. The van der Waals surface area contributed by atoms with Crippen LogP contribution in [0.4, 0.5) is 0 Å². The van der Waals surface area contributed by atoms with E-state index in [1.807, 2.05) is 24.3 Å². The van der Waals surface area contributed by atoms with Crippen molar-refractivity contribution in [3.8, 4) is 16.9 Å². The number of rotatable bonds is 4. The molecule has 0 spiro atoms. The van der Waals surface area contributed by atoms with Crippen LogP contribution in [0.1, 0.15) is 34.7 Å². The fraction of sp³-hybridized carbons (Fsp3) is 0.227. The van der Waals surface area contributed by atoms with Crippen molar-refractivity contribution < 1.29 is 14.3 Å². The van der Waals surface area contributed by atoms with Crippen molar-refractivity contribution in [2.24, 2.45) is 0 Å². The van der Waals surface area contributed by atoms with Gasteiger partial charge in [0.15, 0.2) is 5.75 Å². The number of H-pyrrole nitrogens is 1. The number of carbonyl (C=O) groups excluding carboxylic acids is 1. The molecule has 0 atom stereocenters. The zero-order valence-corrected chi connectivity index (χ0v) is 16.1. The van der Waals surface area contributed by atoms with Gasteiger partial charge in [-0.05, 0) is 54.2 Å². The van der Waals surface area contributed by atoms with Gasteiger partial charge in [-0.2, -0.15) is 5.10 Å². The van der Waals surface area contributed by atoms with Gasteiger partial charge in [-0.1, -0.05) is 6.07 Å². The predicted molar refractivity (Wildman–Crippen MR) is 109 cm³/mol. The van der Waals surface area contributed by atoms with E-state index in [1.54, 1.807) is 25.6 Å². The van der Waals surface area contributed by atoms with Crippen molar-refractivity contribution in [1.82, 2.24) is 14.6 Å². The molecule has 0 saturated heterocycles. The van der Waals surface area contributed by atoms with Gasteiger partial charge < -0.3 is 9.47 Å². The molecule has 0 amide bonds. The van der Waals surface area contributed by atoms with Crippen LogP contribution in [0, 0.1) is 0 Å². The van der Waals surface area contributed by atoms with Crippen LogP contribution in [0.15, 0.2) is 47.5 Å². The highest BCUT2D eigenvalue weighted by molar-refractivity contribution is 5.92. The van der Waals surface area contributed by atoms with Crippen LogP contribution in [-0.2, 0) is 4.74 Å². The first-order valence-corrected chi connectivity index (χ1v) is 9.40. The number of nitrogens with zero attached hydrogens (tertiary/aromatic N) is 2. The molecule has 1 saturated carbocycles. The maximum absolute atomic E-state index is 13.0. The molecule has 29 heavy (non-hydrogen) atoms. The number of pyridine rings is 2. The fourth-order valence-electron chi connectivity index (χ4n) is 3.90. The molecule has 3 aromatic heterocycles. The highest BCUT2D eigenvalue weighted by atomic mass is 16.5. The van der Waals surface area contributed by atoms with Gasteiger partial charge in [0.05, 0.1) is 31.4 Å². The van der Waals surface area contributed by atoms with Gasteiger partial charge in [0.25, 0.3) is 5.56 Å². The molecule has 7 heteroatoms. The largest absolute Gasteiger partial charge is 0.494 e. The number of aromatic amines is 1. The van der Waals surface area contributed by atoms with Crippen molar-refractivity contribution in [3.05, 3.63) is 64.2 Å². The topological polar surface area (TPSA) is 85.7 Å². The molecule has 1 aliphatic rings. The van der Waals surface area contributed by atoms with E-state index in [9.17, 15) is 9.59 Å². The third kappa shape index (κ3) is 2.69. The van der Waals surface area contributed by atoms with Crippen LogP contribution in [0.3, 0.4) is 0 Å². The Bertz CT molecular complexity index is 1330. The van der Waals surface area contributed by atoms with E-state index >= 15 is 0 Å². The molecular weight excluding hydrogens is 370 g/mol. The molecule has 5 rings (SSSR count). The molecule has 146 valence electrons. The lowest BCUT2D eigenvalue weighted by molar-refractivity contribution is 0.0598. The van der Waals surface area contributed by atoms with Gasteiger partial charge >= 0.3 is 5.97 Å². The molecule has 4 aromatic rings. The van der Waals surface area contributed by atoms with E-state index in [0.717, 1.165) is 40.4 Å². The minimum absolute atomic E-state index is 0.0431. The zero-order valence-electron chi connectivity index (χ0n) is 16.1. The number of ether oxygens (including phenoxy) is 2. The number of aromatic nitrogens is 3. The standard InChI is InChI=1S/C22H19N3O4/c1-28-20-15(13-5-6-18-14(9-13)11-23-24-18)7-8-25-19(20)16(12-3-4-12)10-17(21(25)26)22(27)29-2/h5-12H,3-4H2,1-2H3,(H,23,24). The van der Waals surface area contributed by atoms with Gasteiger partial charge in [0.1, 0.15) is 5.56 Å². The summed E-state index contributed by atoms with van der Waals surface area (Å²) in [5, 5.41) is 8.01. The molecule has 1 aliphatic carbocycles. The molecule has 1 N–H and O–H groups in total. The van der Waals surface area contributed by atoms with Crippen LogP contribution in [0.5, 0.6) is 5.75 Å². The Morgan fingerprint density at radius 2 is 2.03 bits per heavy atom. The van der Waals surface area contributed by atoms with Crippen LogP contribution in [0.25, 0.3) is 27.5 Å². The van der Waals surface area contributed by atoms with E-state index in [-0.39, 0.29) is 5.56 Å². The summed E-state index contributed by atoms with van der Waals surface area (Å²) in [6.45, 7) is 0. The minimum atomic E-state index is -0.625. The third-order valence-electron chi connectivity index (χ3n) is 5.49. The lowest BCUT2D eigenvalue weighted by Gasteiger charge is -2.17.